The minimum Gasteiger partial charge on any atom is -0.328 e. The Balaban J connectivity index is 1.70. The lowest BCUT2D eigenvalue weighted by Gasteiger charge is -2.30. The van der Waals surface area contributed by atoms with Crippen LogP contribution < -0.4 is 15.4 Å². The molecule has 4 rings (SSSR count). The summed E-state index contributed by atoms with van der Waals surface area (Å²) in [7, 11) is 2.24. The molecule has 126 valence electrons. The molecule has 3 aromatic rings. The van der Waals surface area contributed by atoms with Gasteiger partial charge >= 0.3 is 0 Å². The van der Waals surface area contributed by atoms with Gasteiger partial charge in [0.15, 0.2) is 5.82 Å². The molecule has 0 bridgehead atoms. The number of likely N-dealkylation sites (N-methyl/N-ethyl adjacent to an activating group) is 1. The molecule has 3 N–H and O–H groups in total. The Kier molecular flexibility index (Phi) is 4.26. The van der Waals surface area contributed by atoms with Crippen LogP contribution >= 0.6 is 22.7 Å². The zero-order valence-electron chi connectivity index (χ0n) is 13.9. The van der Waals surface area contributed by atoms with Crippen molar-refractivity contribution in [3.05, 3.63) is 39.1 Å². The van der Waals surface area contributed by atoms with Gasteiger partial charge in [0.2, 0.25) is 0 Å². The molecule has 1 aliphatic rings. The fraction of sp³-hybridized carbons (Fsp3) is 0.412. The number of H-pyrrole nitrogens is 1. The monoisotopic (exact) mass is 362 g/mol. The first-order valence-electron chi connectivity index (χ1n) is 8.34. The van der Waals surface area contributed by atoms with Gasteiger partial charge in [-0.3, -0.25) is 4.79 Å². The molecule has 0 aliphatic carbocycles. The van der Waals surface area contributed by atoms with Crippen LogP contribution in [0.4, 0.5) is 0 Å². The number of hydrogen-bond acceptors (Lipinski definition) is 4. The third kappa shape index (κ3) is 2.82. The number of nitrogens with one attached hydrogen (secondary N) is 3. The first-order valence-corrected chi connectivity index (χ1v) is 10.1. The maximum absolute atomic E-state index is 12.7. The summed E-state index contributed by atoms with van der Waals surface area (Å²) < 4.78 is 0. The first-order chi connectivity index (χ1) is 11.6. The van der Waals surface area contributed by atoms with Gasteiger partial charge in [-0.05, 0) is 18.4 Å². The molecule has 0 amide bonds. The Labute approximate surface area is 148 Å². The minimum absolute atomic E-state index is 0.00866. The van der Waals surface area contributed by atoms with Crippen molar-refractivity contribution in [2.45, 2.75) is 13.0 Å². The van der Waals surface area contributed by atoms with Gasteiger partial charge in [0.05, 0.1) is 12.4 Å². The molecule has 0 unspecified atom stereocenters. The lowest BCUT2D eigenvalue weighted by Crippen LogP contribution is -3.26. The Morgan fingerprint density at radius 2 is 2.04 bits per heavy atom. The molecule has 24 heavy (non-hydrogen) atoms. The summed E-state index contributed by atoms with van der Waals surface area (Å²) in [5.74, 6) is 0.821. The summed E-state index contributed by atoms with van der Waals surface area (Å²) >= 11 is 3.22. The fourth-order valence-electron chi connectivity index (χ4n) is 3.41. The van der Waals surface area contributed by atoms with Crippen molar-refractivity contribution < 1.29 is 9.80 Å². The molecular weight excluding hydrogens is 340 g/mol. The largest absolute Gasteiger partial charge is 0.328 e. The van der Waals surface area contributed by atoms with Crippen molar-refractivity contribution in [2.75, 3.05) is 33.2 Å². The van der Waals surface area contributed by atoms with Crippen molar-refractivity contribution in [3.63, 3.8) is 0 Å². The highest BCUT2D eigenvalue weighted by molar-refractivity contribution is 7.18. The molecule has 1 atom stereocenters. The molecule has 7 heteroatoms. The zero-order chi connectivity index (χ0) is 16.7. The van der Waals surface area contributed by atoms with E-state index in [1.54, 1.807) is 27.6 Å². The SMILES string of the molecule is C[C@@H](c1nc2scc(-c3cccs3)c2c(=O)[nH]1)[NH+]1CC[NH+](C)CC1. The lowest BCUT2D eigenvalue weighted by molar-refractivity contribution is -1.02. The number of aromatic amines is 1. The molecule has 0 spiro atoms. The molecule has 4 heterocycles. The second kappa shape index (κ2) is 6.40. The second-order valence-corrected chi connectivity index (χ2v) is 8.40. The number of aromatic nitrogens is 2. The number of nitrogens with zero attached hydrogens (tertiary/aromatic N) is 1. The Morgan fingerprint density at radius 3 is 2.75 bits per heavy atom. The number of rotatable bonds is 3. The van der Waals surface area contributed by atoms with Crippen LogP contribution in [0, 0.1) is 0 Å². The maximum atomic E-state index is 12.7. The van der Waals surface area contributed by atoms with E-state index in [2.05, 4.69) is 30.4 Å². The van der Waals surface area contributed by atoms with E-state index in [4.69, 9.17) is 4.98 Å². The molecule has 1 aliphatic heterocycles. The van der Waals surface area contributed by atoms with Crippen LogP contribution in [-0.2, 0) is 0 Å². The fourth-order valence-corrected chi connectivity index (χ4v) is 5.18. The minimum atomic E-state index is -0.00866. The van der Waals surface area contributed by atoms with Crippen LogP contribution in [0.15, 0.2) is 27.7 Å². The normalized spacial score (nSPS) is 22.8. The second-order valence-electron chi connectivity index (χ2n) is 6.60. The van der Waals surface area contributed by atoms with E-state index in [1.807, 2.05) is 11.4 Å². The third-order valence-corrected chi connectivity index (χ3v) is 6.79. The molecule has 1 saturated heterocycles. The van der Waals surface area contributed by atoms with Crippen molar-refractivity contribution in [2.24, 2.45) is 0 Å². The molecule has 0 saturated carbocycles. The van der Waals surface area contributed by atoms with E-state index >= 15 is 0 Å². The highest BCUT2D eigenvalue weighted by atomic mass is 32.1. The van der Waals surface area contributed by atoms with E-state index in [0.717, 1.165) is 39.6 Å². The summed E-state index contributed by atoms with van der Waals surface area (Å²) in [5.41, 5.74) is 0.999. The van der Waals surface area contributed by atoms with E-state index in [-0.39, 0.29) is 11.6 Å². The molecule has 0 aromatic carbocycles. The number of fused-ring (bicyclic) bond motifs is 1. The molecule has 0 radical (unpaired) electrons. The quantitative estimate of drug-likeness (QED) is 0.623. The standard InChI is InChI=1S/C17H20N4OS2/c1-11(21-7-5-20(2)6-8-21)15-18-16(22)14-12(10-24-17(14)19-15)13-4-3-9-23-13/h3-4,9-11H,5-8H2,1-2H3,(H,18,19,22)/p+2/t11-/m0/s1. The van der Waals surface area contributed by atoms with E-state index in [9.17, 15) is 4.79 Å². The summed E-state index contributed by atoms with van der Waals surface area (Å²) in [6, 6.07) is 4.29. The van der Waals surface area contributed by atoms with Gasteiger partial charge < -0.3 is 14.8 Å². The number of hydrogen-bond donors (Lipinski definition) is 3. The molecule has 3 aromatic heterocycles. The van der Waals surface area contributed by atoms with Gasteiger partial charge in [-0.15, -0.1) is 22.7 Å². The van der Waals surface area contributed by atoms with Crippen molar-refractivity contribution in [1.29, 1.82) is 0 Å². The van der Waals surface area contributed by atoms with Crippen molar-refractivity contribution in [1.82, 2.24) is 9.97 Å². The van der Waals surface area contributed by atoms with Gasteiger partial charge in [-0.25, -0.2) is 4.98 Å². The number of quaternary nitrogens is 2. The van der Waals surface area contributed by atoms with Crippen molar-refractivity contribution in [3.8, 4) is 10.4 Å². The van der Waals surface area contributed by atoms with Gasteiger partial charge in [0, 0.05) is 15.8 Å². The first kappa shape index (κ1) is 16.0. The van der Waals surface area contributed by atoms with Crippen LogP contribution in [-0.4, -0.2) is 43.2 Å². The molecule has 5 nitrogen and oxygen atoms in total. The zero-order valence-corrected chi connectivity index (χ0v) is 15.5. The van der Waals surface area contributed by atoms with Crippen LogP contribution in [0.5, 0.6) is 0 Å². The smallest absolute Gasteiger partial charge is 0.260 e. The summed E-state index contributed by atoms with van der Waals surface area (Å²) in [5, 5.41) is 4.82. The maximum Gasteiger partial charge on any atom is 0.260 e. The Hall–Kier alpha value is -1.54. The van der Waals surface area contributed by atoms with Crippen LogP contribution in [0.25, 0.3) is 20.7 Å². The van der Waals surface area contributed by atoms with E-state index in [1.165, 1.54) is 18.0 Å². The van der Waals surface area contributed by atoms with Crippen LogP contribution in [0.3, 0.4) is 0 Å². The Morgan fingerprint density at radius 1 is 1.25 bits per heavy atom. The predicted octanol–water partition coefficient (Wildman–Crippen LogP) is 0.187. The third-order valence-electron chi connectivity index (χ3n) is 5.02. The lowest BCUT2D eigenvalue weighted by atomic mass is 10.2. The van der Waals surface area contributed by atoms with Crippen LogP contribution in [0.1, 0.15) is 18.8 Å². The van der Waals surface area contributed by atoms with Gasteiger partial charge in [-0.1, -0.05) is 6.07 Å². The van der Waals surface area contributed by atoms with Gasteiger partial charge in [-0.2, -0.15) is 0 Å². The van der Waals surface area contributed by atoms with Gasteiger partial charge in [0.1, 0.15) is 37.1 Å². The summed E-state index contributed by atoms with van der Waals surface area (Å²) in [4.78, 5) is 25.7. The van der Waals surface area contributed by atoms with Gasteiger partial charge in [0.25, 0.3) is 5.56 Å². The molecular formula is C17H22N4OS2+2. The van der Waals surface area contributed by atoms with E-state index in [0.29, 0.717) is 0 Å². The highest BCUT2D eigenvalue weighted by Crippen LogP contribution is 2.33. The Bertz CT molecular complexity index is 891. The highest BCUT2D eigenvalue weighted by Gasteiger charge is 2.28. The van der Waals surface area contributed by atoms with E-state index < -0.39 is 0 Å². The number of piperazine rings is 1. The molecule has 1 fully saturated rings. The van der Waals surface area contributed by atoms with Crippen LogP contribution in [0.2, 0.25) is 0 Å². The average Bonchev–Trinajstić information content (AvgIpc) is 3.24. The number of thiophene rings is 2. The summed E-state index contributed by atoms with van der Waals surface area (Å²) in [6.45, 7) is 6.77. The predicted molar refractivity (Wildman–Crippen MR) is 99.3 cm³/mol. The topological polar surface area (TPSA) is 54.6 Å². The average molecular weight is 363 g/mol. The van der Waals surface area contributed by atoms with Crippen molar-refractivity contribution >= 4 is 32.9 Å². The summed E-state index contributed by atoms with van der Waals surface area (Å²) in [6.07, 6.45) is 0.